The zero-order chi connectivity index (χ0) is 19.2. The van der Waals surface area contributed by atoms with Gasteiger partial charge in [0.05, 0.1) is 24.1 Å². The Morgan fingerprint density at radius 3 is 2.48 bits per heavy atom. The van der Waals surface area contributed by atoms with Crippen LogP contribution in [0.15, 0.2) is 48.5 Å². The van der Waals surface area contributed by atoms with Gasteiger partial charge in [-0.3, -0.25) is 9.69 Å². The standard InChI is InChI=1S/C19H18Cl2N2O3S/c20-14-5-3-6-15(8-14)23-18-12-27(25,26)11-17(18)22(10-19(23)24)9-13-4-1-2-7-16(13)21/h1-8,17-18H,9-12H2/t17-,18-/m1/s1. The van der Waals surface area contributed by atoms with Gasteiger partial charge in [0.15, 0.2) is 9.84 Å². The molecular weight excluding hydrogens is 407 g/mol. The molecule has 5 nitrogen and oxygen atoms in total. The number of anilines is 1. The molecule has 2 atom stereocenters. The number of rotatable bonds is 3. The molecule has 8 heteroatoms. The van der Waals surface area contributed by atoms with Gasteiger partial charge in [-0.15, -0.1) is 0 Å². The Hall–Kier alpha value is -1.60. The third kappa shape index (κ3) is 3.72. The van der Waals surface area contributed by atoms with Crippen LogP contribution in [-0.4, -0.2) is 49.4 Å². The molecule has 2 saturated heterocycles. The highest BCUT2D eigenvalue weighted by Gasteiger charge is 2.49. The number of benzene rings is 2. The zero-order valence-corrected chi connectivity index (χ0v) is 16.7. The third-order valence-corrected chi connectivity index (χ3v) is 7.42. The van der Waals surface area contributed by atoms with Gasteiger partial charge in [0.2, 0.25) is 5.91 Å². The molecule has 2 fully saturated rings. The number of sulfone groups is 1. The van der Waals surface area contributed by atoms with Gasteiger partial charge in [-0.2, -0.15) is 0 Å². The maximum absolute atomic E-state index is 13.0. The highest BCUT2D eigenvalue weighted by Crippen LogP contribution is 2.34. The van der Waals surface area contributed by atoms with E-state index >= 15 is 0 Å². The zero-order valence-electron chi connectivity index (χ0n) is 14.4. The Labute approximate surface area is 168 Å². The van der Waals surface area contributed by atoms with Gasteiger partial charge in [0.1, 0.15) is 0 Å². The van der Waals surface area contributed by atoms with Crippen molar-refractivity contribution in [2.45, 2.75) is 18.6 Å². The minimum atomic E-state index is -3.24. The predicted molar refractivity (Wildman–Crippen MR) is 107 cm³/mol. The van der Waals surface area contributed by atoms with E-state index in [0.29, 0.717) is 22.3 Å². The first-order valence-electron chi connectivity index (χ1n) is 8.59. The van der Waals surface area contributed by atoms with E-state index in [1.807, 2.05) is 23.1 Å². The lowest BCUT2D eigenvalue weighted by Crippen LogP contribution is -2.61. The first-order chi connectivity index (χ1) is 12.8. The van der Waals surface area contributed by atoms with Crippen LogP contribution in [0, 0.1) is 0 Å². The number of nitrogens with zero attached hydrogens (tertiary/aromatic N) is 2. The van der Waals surface area contributed by atoms with Gasteiger partial charge in [-0.1, -0.05) is 47.5 Å². The van der Waals surface area contributed by atoms with Crippen molar-refractivity contribution in [3.63, 3.8) is 0 Å². The lowest BCUT2D eigenvalue weighted by atomic mass is 10.0. The summed E-state index contributed by atoms with van der Waals surface area (Å²) in [5.41, 5.74) is 1.52. The van der Waals surface area contributed by atoms with E-state index in [4.69, 9.17) is 23.2 Å². The summed E-state index contributed by atoms with van der Waals surface area (Å²) in [4.78, 5) is 16.5. The lowest BCUT2D eigenvalue weighted by molar-refractivity contribution is -0.123. The Morgan fingerprint density at radius 1 is 1.00 bits per heavy atom. The van der Waals surface area contributed by atoms with E-state index in [9.17, 15) is 13.2 Å². The van der Waals surface area contributed by atoms with Crippen molar-refractivity contribution in [3.8, 4) is 0 Å². The average Bonchev–Trinajstić information content (AvgIpc) is 2.92. The molecule has 0 bridgehead atoms. The second kappa shape index (κ2) is 7.09. The number of hydrogen-bond donors (Lipinski definition) is 0. The van der Waals surface area contributed by atoms with Gasteiger partial charge in [-0.25, -0.2) is 8.42 Å². The summed E-state index contributed by atoms with van der Waals surface area (Å²) in [6, 6.07) is 13.7. The van der Waals surface area contributed by atoms with Crippen LogP contribution < -0.4 is 4.90 Å². The number of amides is 1. The van der Waals surface area contributed by atoms with Crippen LogP contribution in [0.3, 0.4) is 0 Å². The Morgan fingerprint density at radius 2 is 1.74 bits per heavy atom. The monoisotopic (exact) mass is 424 g/mol. The molecule has 142 valence electrons. The molecule has 0 aliphatic carbocycles. The molecular formula is C19H18Cl2N2O3S. The van der Waals surface area contributed by atoms with Crippen LogP contribution in [0.2, 0.25) is 10.0 Å². The van der Waals surface area contributed by atoms with E-state index in [0.717, 1.165) is 5.56 Å². The molecule has 2 aromatic carbocycles. The van der Waals surface area contributed by atoms with Gasteiger partial charge in [-0.05, 0) is 29.8 Å². The summed E-state index contributed by atoms with van der Waals surface area (Å²) < 4.78 is 24.8. The van der Waals surface area contributed by atoms with Crippen molar-refractivity contribution in [2.24, 2.45) is 0 Å². The van der Waals surface area contributed by atoms with Crippen molar-refractivity contribution in [1.82, 2.24) is 4.90 Å². The summed E-state index contributed by atoms with van der Waals surface area (Å²) in [6.07, 6.45) is 0. The van der Waals surface area contributed by atoms with E-state index in [1.54, 1.807) is 35.2 Å². The maximum Gasteiger partial charge on any atom is 0.241 e. The first-order valence-corrected chi connectivity index (χ1v) is 11.2. The Balaban J connectivity index is 1.69. The molecule has 0 unspecified atom stereocenters. The average molecular weight is 425 g/mol. The van der Waals surface area contributed by atoms with Crippen LogP contribution in [0.5, 0.6) is 0 Å². The van der Waals surface area contributed by atoms with Crippen LogP contribution >= 0.6 is 23.2 Å². The molecule has 27 heavy (non-hydrogen) atoms. The highest BCUT2D eigenvalue weighted by molar-refractivity contribution is 7.91. The van der Waals surface area contributed by atoms with Crippen molar-refractivity contribution >= 4 is 44.6 Å². The quantitative estimate of drug-likeness (QED) is 0.759. The van der Waals surface area contributed by atoms with Crippen molar-refractivity contribution in [1.29, 1.82) is 0 Å². The van der Waals surface area contributed by atoms with E-state index < -0.39 is 15.9 Å². The normalized spacial score (nSPS) is 24.8. The fourth-order valence-corrected chi connectivity index (χ4v) is 6.30. The number of fused-ring (bicyclic) bond motifs is 1. The number of piperazine rings is 1. The topological polar surface area (TPSA) is 57.7 Å². The second-order valence-electron chi connectivity index (χ2n) is 6.95. The van der Waals surface area contributed by atoms with Gasteiger partial charge < -0.3 is 4.90 Å². The molecule has 2 aliphatic heterocycles. The van der Waals surface area contributed by atoms with Crippen molar-refractivity contribution in [2.75, 3.05) is 23.0 Å². The number of hydrogen-bond acceptors (Lipinski definition) is 4. The second-order valence-corrected chi connectivity index (χ2v) is 9.95. The van der Waals surface area contributed by atoms with E-state index in [-0.39, 0.29) is 30.0 Å². The van der Waals surface area contributed by atoms with Gasteiger partial charge in [0.25, 0.3) is 0 Å². The highest BCUT2D eigenvalue weighted by atomic mass is 35.5. The van der Waals surface area contributed by atoms with Gasteiger partial charge >= 0.3 is 0 Å². The Kier molecular flexibility index (Phi) is 4.93. The molecule has 4 rings (SSSR count). The largest absolute Gasteiger partial charge is 0.306 e. The molecule has 0 aromatic heterocycles. The summed E-state index contributed by atoms with van der Waals surface area (Å²) in [5, 5.41) is 1.12. The fourth-order valence-electron chi connectivity index (χ4n) is 3.94. The first kappa shape index (κ1) is 18.7. The number of carbonyl (C=O) groups excluding carboxylic acids is 1. The van der Waals surface area contributed by atoms with Crippen LogP contribution in [0.4, 0.5) is 5.69 Å². The summed E-state index contributed by atoms with van der Waals surface area (Å²) in [6.45, 7) is 0.569. The minimum absolute atomic E-state index is 0.0342. The number of halogens is 2. The SMILES string of the molecule is O=C1CN(Cc2ccccc2Cl)[C@@H]2CS(=O)(=O)C[C@H]2N1c1cccc(Cl)c1. The molecule has 0 radical (unpaired) electrons. The smallest absolute Gasteiger partial charge is 0.241 e. The predicted octanol–water partition coefficient (Wildman–Crippen LogP) is 3.01. The molecule has 0 saturated carbocycles. The molecule has 0 spiro atoms. The molecule has 2 aliphatic rings. The van der Waals surface area contributed by atoms with Crippen molar-refractivity contribution in [3.05, 3.63) is 64.1 Å². The van der Waals surface area contributed by atoms with Crippen molar-refractivity contribution < 1.29 is 13.2 Å². The van der Waals surface area contributed by atoms with Gasteiger partial charge in [0, 0.05) is 28.3 Å². The van der Waals surface area contributed by atoms with E-state index in [2.05, 4.69) is 0 Å². The molecule has 2 aromatic rings. The molecule has 1 amide bonds. The summed E-state index contributed by atoms with van der Waals surface area (Å²) in [7, 11) is -3.24. The summed E-state index contributed by atoms with van der Waals surface area (Å²) in [5.74, 6) is -0.149. The van der Waals surface area contributed by atoms with E-state index in [1.165, 1.54) is 0 Å². The third-order valence-electron chi connectivity index (χ3n) is 5.12. The maximum atomic E-state index is 13.0. The fraction of sp³-hybridized carbons (Fsp3) is 0.316. The number of carbonyl (C=O) groups is 1. The van der Waals surface area contributed by atoms with Crippen LogP contribution in [-0.2, 0) is 21.2 Å². The molecule has 2 heterocycles. The van der Waals surface area contributed by atoms with Crippen LogP contribution in [0.1, 0.15) is 5.56 Å². The molecule has 0 N–H and O–H groups in total. The lowest BCUT2D eigenvalue weighted by Gasteiger charge is -2.43. The summed E-state index contributed by atoms with van der Waals surface area (Å²) >= 11 is 12.3. The van der Waals surface area contributed by atoms with Crippen LogP contribution in [0.25, 0.3) is 0 Å². The Bertz CT molecular complexity index is 996. The minimum Gasteiger partial charge on any atom is -0.306 e.